The summed E-state index contributed by atoms with van der Waals surface area (Å²) in [6.45, 7) is 0. The largest absolute Gasteiger partial charge is 0.332 e. The van der Waals surface area contributed by atoms with Crippen molar-refractivity contribution in [2.75, 3.05) is 0 Å². The SMILES string of the molecule is Clc1cnccc1-c1noc(-c2cncc(-n3ccnc3)n2)n1. The minimum Gasteiger partial charge on any atom is -0.332 e. The summed E-state index contributed by atoms with van der Waals surface area (Å²) in [5, 5.41) is 4.37. The van der Waals surface area contributed by atoms with Crippen LogP contribution < -0.4 is 0 Å². The van der Waals surface area contributed by atoms with Crippen molar-refractivity contribution < 1.29 is 4.52 Å². The Balaban J connectivity index is 1.73. The molecule has 0 aromatic carbocycles. The van der Waals surface area contributed by atoms with E-state index in [1.807, 2.05) is 0 Å². The van der Waals surface area contributed by atoms with Gasteiger partial charge in [0, 0.05) is 30.4 Å². The molecular formula is C14H8ClN7O. The average molecular weight is 326 g/mol. The van der Waals surface area contributed by atoms with E-state index >= 15 is 0 Å². The lowest BCUT2D eigenvalue weighted by atomic mass is 10.2. The summed E-state index contributed by atoms with van der Waals surface area (Å²) in [6.07, 6.45) is 11.3. The lowest BCUT2D eigenvalue weighted by molar-refractivity contribution is 0.430. The van der Waals surface area contributed by atoms with Gasteiger partial charge in [-0.05, 0) is 6.07 Å². The lowest BCUT2D eigenvalue weighted by Gasteiger charge is -2.00. The summed E-state index contributed by atoms with van der Waals surface area (Å²) in [4.78, 5) is 20.8. The average Bonchev–Trinajstić information content (AvgIpc) is 3.27. The Morgan fingerprint density at radius 2 is 1.96 bits per heavy atom. The molecule has 0 fully saturated rings. The van der Waals surface area contributed by atoms with Crippen LogP contribution in [0.2, 0.25) is 5.02 Å². The molecule has 0 N–H and O–H groups in total. The fourth-order valence-corrected chi connectivity index (χ4v) is 2.18. The quantitative estimate of drug-likeness (QED) is 0.570. The molecule has 0 unspecified atom stereocenters. The fourth-order valence-electron chi connectivity index (χ4n) is 1.97. The van der Waals surface area contributed by atoms with Crippen molar-refractivity contribution in [1.29, 1.82) is 0 Å². The summed E-state index contributed by atoms with van der Waals surface area (Å²) < 4.78 is 6.99. The van der Waals surface area contributed by atoms with E-state index in [9.17, 15) is 0 Å². The fraction of sp³-hybridized carbons (Fsp3) is 0. The Kier molecular flexibility index (Phi) is 3.28. The van der Waals surface area contributed by atoms with Crippen molar-refractivity contribution in [3.8, 4) is 28.8 Å². The highest BCUT2D eigenvalue weighted by Crippen LogP contribution is 2.26. The molecule has 0 saturated heterocycles. The molecule has 0 amide bonds. The topological polar surface area (TPSA) is 95.4 Å². The predicted molar refractivity (Wildman–Crippen MR) is 80.7 cm³/mol. The zero-order valence-electron chi connectivity index (χ0n) is 11.5. The highest BCUT2D eigenvalue weighted by Gasteiger charge is 2.15. The standard InChI is InChI=1S/C14H8ClN7O/c15-10-5-16-2-1-9(10)13-20-14(23-21-13)11-6-18-7-12(19-11)22-4-3-17-8-22/h1-8H. The summed E-state index contributed by atoms with van der Waals surface area (Å²) in [5.41, 5.74) is 1.09. The first-order valence-corrected chi connectivity index (χ1v) is 6.93. The number of halogens is 1. The van der Waals surface area contributed by atoms with E-state index in [4.69, 9.17) is 16.1 Å². The monoisotopic (exact) mass is 325 g/mol. The number of aromatic nitrogens is 7. The van der Waals surface area contributed by atoms with Crippen molar-refractivity contribution in [2.24, 2.45) is 0 Å². The van der Waals surface area contributed by atoms with Gasteiger partial charge in [0.25, 0.3) is 5.89 Å². The van der Waals surface area contributed by atoms with Crippen LogP contribution in [0.25, 0.3) is 28.8 Å². The van der Waals surface area contributed by atoms with Crippen LogP contribution in [0.4, 0.5) is 0 Å². The molecule has 4 aromatic rings. The smallest absolute Gasteiger partial charge is 0.278 e. The number of rotatable bonds is 3. The zero-order chi connectivity index (χ0) is 15.6. The zero-order valence-corrected chi connectivity index (χ0v) is 12.3. The van der Waals surface area contributed by atoms with Crippen molar-refractivity contribution >= 4 is 11.6 Å². The maximum absolute atomic E-state index is 6.08. The molecule has 0 radical (unpaired) electrons. The van der Waals surface area contributed by atoms with Crippen molar-refractivity contribution in [3.05, 3.63) is 54.6 Å². The second kappa shape index (κ2) is 5.58. The molecule has 0 saturated carbocycles. The summed E-state index contributed by atoms with van der Waals surface area (Å²) in [7, 11) is 0. The summed E-state index contributed by atoms with van der Waals surface area (Å²) in [6, 6.07) is 1.71. The number of nitrogens with zero attached hydrogens (tertiary/aromatic N) is 7. The van der Waals surface area contributed by atoms with Crippen molar-refractivity contribution in [2.45, 2.75) is 0 Å². The van der Waals surface area contributed by atoms with Crippen molar-refractivity contribution in [3.63, 3.8) is 0 Å². The molecule has 0 aliphatic rings. The molecule has 0 aliphatic carbocycles. The van der Waals surface area contributed by atoms with Crippen LogP contribution >= 0.6 is 11.6 Å². The van der Waals surface area contributed by atoms with E-state index in [-0.39, 0.29) is 5.89 Å². The molecule has 0 aliphatic heterocycles. The molecule has 4 heterocycles. The van der Waals surface area contributed by atoms with Gasteiger partial charge in [0.15, 0.2) is 5.82 Å². The highest BCUT2D eigenvalue weighted by atomic mass is 35.5. The molecule has 112 valence electrons. The van der Waals surface area contributed by atoms with Gasteiger partial charge in [-0.25, -0.2) is 9.97 Å². The molecule has 9 heteroatoms. The van der Waals surface area contributed by atoms with Gasteiger partial charge in [0.2, 0.25) is 5.82 Å². The molecule has 4 rings (SSSR count). The van der Waals surface area contributed by atoms with Crippen LogP contribution in [0.15, 0.2) is 54.1 Å². The van der Waals surface area contributed by atoms with Gasteiger partial charge in [-0.1, -0.05) is 16.8 Å². The van der Waals surface area contributed by atoms with E-state index in [0.717, 1.165) is 0 Å². The van der Waals surface area contributed by atoms with Gasteiger partial charge in [-0.15, -0.1) is 0 Å². The molecule has 8 nitrogen and oxygen atoms in total. The van der Waals surface area contributed by atoms with Crippen LogP contribution in [0, 0.1) is 0 Å². The van der Waals surface area contributed by atoms with Gasteiger partial charge in [0.05, 0.1) is 17.4 Å². The molecule has 0 atom stereocenters. The maximum Gasteiger partial charge on any atom is 0.278 e. The van der Waals surface area contributed by atoms with E-state index in [1.165, 1.54) is 6.20 Å². The van der Waals surface area contributed by atoms with E-state index < -0.39 is 0 Å². The Hall–Kier alpha value is -3.13. The van der Waals surface area contributed by atoms with Gasteiger partial charge in [-0.3, -0.25) is 14.5 Å². The number of imidazole rings is 1. The van der Waals surface area contributed by atoms with Gasteiger partial charge < -0.3 is 4.52 Å². The third-order valence-corrected chi connectivity index (χ3v) is 3.35. The first-order valence-electron chi connectivity index (χ1n) is 6.55. The van der Waals surface area contributed by atoms with Crippen LogP contribution in [0.3, 0.4) is 0 Å². The predicted octanol–water partition coefficient (Wildman–Crippen LogP) is 2.43. The lowest BCUT2D eigenvalue weighted by Crippen LogP contribution is -1.97. The Morgan fingerprint density at radius 1 is 1.00 bits per heavy atom. The van der Waals surface area contributed by atoms with Gasteiger partial charge >= 0.3 is 0 Å². The Bertz CT molecular complexity index is 951. The highest BCUT2D eigenvalue weighted by molar-refractivity contribution is 6.33. The third kappa shape index (κ3) is 2.55. The van der Waals surface area contributed by atoms with Crippen LogP contribution in [0.5, 0.6) is 0 Å². The van der Waals surface area contributed by atoms with E-state index in [0.29, 0.717) is 27.9 Å². The molecule has 23 heavy (non-hydrogen) atoms. The second-order valence-electron chi connectivity index (χ2n) is 4.51. The molecular weight excluding hydrogens is 318 g/mol. The Morgan fingerprint density at radius 3 is 2.78 bits per heavy atom. The third-order valence-electron chi connectivity index (χ3n) is 3.05. The maximum atomic E-state index is 6.08. The molecule has 0 bridgehead atoms. The first kappa shape index (κ1) is 13.5. The Labute approximate surface area is 134 Å². The van der Waals surface area contributed by atoms with Gasteiger partial charge in [0.1, 0.15) is 12.0 Å². The first-order chi connectivity index (χ1) is 11.3. The normalized spacial score (nSPS) is 10.8. The number of hydrogen-bond donors (Lipinski definition) is 0. The molecule has 0 spiro atoms. The van der Waals surface area contributed by atoms with Gasteiger partial charge in [-0.2, -0.15) is 4.98 Å². The van der Waals surface area contributed by atoms with Crippen LogP contribution in [-0.2, 0) is 0 Å². The van der Waals surface area contributed by atoms with Crippen LogP contribution in [-0.4, -0.2) is 34.6 Å². The van der Waals surface area contributed by atoms with Crippen LogP contribution in [0.1, 0.15) is 0 Å². The summed E-state index contributed by atoms with van der Waals surface area (Å²) >= 11 is 6.08. The minimum absolute atomic E-state index is 0.252. The number of hydrogen-bond acceptors (Lipinski definition) is 7. The molecule has 4 aromatic heterocycles. The van der Waals surface area contributed by atoms with E-state index in [2.05, 4.69) is 30.1 Å². The van der Waals surface area contributed by atoms with Crippen molar-refractivity contribution in [1.82, 2.24) is 34.6 Å². The van der Waals surface area contributed by atoms with E-state index in [1.54, 1.807) is 47.9 Å². The minimum atomic E-state index is 0.252. The summed E-state index contributed by atoms with van der Waals surface area (Å²) in [5.74, 6) is 1.21. The second-order valence-corrected chi connectivity index (χ2v) is 4.92. The number of pyridine rings is 1.